The van der Waals surface area contributed by atoms with E-state index < -0.39 is 0 Å². The van der Waals surface area contributed by atoms with Crippen LogP contribution in [0.2, 0.25) is 6.32 Å². The van der Waals surface area contributed by atoms with E-state index in [1.807, 2.05) is 5.57 Å². The Morgan fingerprint density at radius 2 is 2.00 bits per heavy atom. The van der Waals surface area contributed by atoms with Gasteiger partial charge in [-0.1, -0.05) is 31.3 Å². The molecule has 2 aliphatic carbocycles. The standard InChI is InChI=1S/C10H17B/c1-5(2)7(4-11)10-8-6(3)9(8)10/h5,7-8,10H,4,11H2,1-3H3/t7?,8?,10-/m1/s1. The maximum atomic E-state index is 2.36. The van der Waals surface area contributed by atoms with Crippen molar-refractivity contribution < 1.29 is 0 Å². The van der Waals surface area contributed by atoms with Crippen molar-refractivity contribution in [2.45, 2.75) is 27.1 Å². The molecule has 3 atom stereocenters. The summed E-state index contributed by atoms with van der Waals surface area (Å²) in [6.07, 6.45) is 1.37. The van der Waals surface area contributed by atoms with Crippen LogP contribution in [0.15, 0.2) is 11.1 Å². The molecule has 0 aromatic rings. The highest BCUT2D eigenvalue weighted by molar-refractivity contribution is 6.08. The number of fused-ring (bicyclic) bond motifs is 1. The summed E-state index contributed by atoms with van der Waals surface area (Å²) >= 11 is 0. The molecule has 0 N–H and O–H groups in total. The summed E-state index contributed by atoms with van der Waals surface area (Å²) < 4.78 is 0. The van der Waals surface area contributed by atoms with Crippen LogP contribution in [-0.2, 0) is 0 Å². The first-order valence-corrected chi connectivity index (χ1v) is 4.89. The number of allylic oxidation sites excluding steroid dienone is 2. The first-order chi connectivity index (χ1) is 5.18. The van der Waals surface area contributed by atoms with Crippen LogP contribution in [0.5, 0.6) is 0 Å². The van der Waals surface area contributed by atoms with E-state index in [1.165, 1.54) is 6.32 Å². The molecule has 0 aromatic heterocycles. The van der Waals surface area contributed by atoms with Crippen LogP contribution in [0.3, 0.4) is 0 Å². The van der Waals surface area contributed by atoms with Gasteiger partial charge in [0.2, 0.25) is 0 Å². The van der Waals surface area contributed by atoms with E-state index in [9.17, 15) is 0 Å². The van der Waals surface area contributed by atoms with Crippen molar-refractivity contribution in [3.8, 4) is 0 Å². The lowest BCUT2D eigenvalue weighted by Crippen LogP contribution is -2.13. The zero-order valence-corrected chi connectivity index (χ0v) is 8.02. The SMILES string of the molecule is BCC(C(C)C)[C@H]1C2=C(C)C21. The lowest BCUT2D eigenvalue weighted by molar-refractivity contribution is 0.360. The van der Waals surface area contributed by atoms with Gasteiger partial charge in [-0.05, 0) is 24.7 Å². The molecule has 1 saturated carbocycles. The molecule has 0 heterocycles. The van der Waals surface area contributed by atoms with Gasteiger partial charge in [-0.2, -0.15) is 0 Å². The first-order valence-electron chi connectivity index (χ1n) is 4.89. The fraction of sp³-hybridized carbons (Fsp3) is 0.800. The summed E-state index contributed by atoms with van der Waals surface area (Å²) in [5.41, 5.74) is 3.54. The minimum absolute atomic E-state index is 0.887. The van der Waals surface area contributed by atoms with Gasteiger partial charge in [0.1, 0.15) is 7.85 Å². The lowest BCUT2D eigenvalue weighted by atomic mass is 9.77. The topological polar surface area (TPSA) is 0 Å². The second kappa shape index (κ2) is 2.15. The fourth-order valence-corrected chi connectivity index (χ4v) is 2.71. The number of rotatable bonds is 3. The van der Waals surface area contributed by atoms with E-state index >= 15 is 0 Å². The van der Waals surface area contributed by atoms with Crippen molar-refractivity contribution in [1.82, 2.24) is 0 Å². The molecule has 60 valence electrons. The summed E-state index contributed by atoms with van der Waals surface area (Å²) in [5, 5.41) is 0. The van der Waals surface area contributed by atoms with Gasteiger partial charge in [0.25, 0.3) is 0 Å². The van der Waals surface area contributed by atoms with Crippen molar-refractivity contribution in [1.29, 1.82) is 0 Å². The molecule has 0 saturated heterocycles. The van der Waals surface area contributed by atoms with Crippen molar-refractivity contribution in [2.24, 2.45) is 23.7 Å². The van der Waals surface area contributed by atoms with Gasteiger partial charge in [-0.3, -0.25) is 0 Å². The van der Waals surface area contributed by atoms with Crippen LogP contribution in [0.25, 0.3) is 0 Å². The fourth-order valence-electron chi connectivity index (χ4n) is 2.71. The minimum atomic E-state index is 0.887. The van der Waals surface area contributed by atoms with E-state index in [-0.39, 0.29) is 0 Å². The monoisotopic (exact) mass is 148 g/mol. The third-order valence-electron chi connectivity index (χ3n) is 3.57. The Hall–Kier alpha value is -0.195. The normalized spacial score (nSPS) is 35.6. The average molecular weight is 148 g/mol. The molecule has 1 fully saturated rings. The van der Waals surface area contributed by atoms with Crippen LogP contribution < -0.4 is 0 Å². The van der Waals surface area contributed by atoms with Crippen LogP contribution in [-0.4, -0.2) is 7.85 Å². The van der Waals surface area contributed by atoms with E-state index in [0.717, 1.165) is 23.7 Å². The molecule has 0 aromatic carbocycles. The third kappa shape index (κ3) is 0.897. The highest BCUT2D eigenvalue weighted by atomic mass is 14.6. The summed E-state index contributed by atoms with van der Waals surface area (Å²) in [5.74, 6) is 3.90. The van der Waals surface area contributed by atoms with Gasteiger partial charge in [-0.25, -0.2) is 0 Å². The highest BCUT2D eigenvalue weighted by Crippen LogP contribution is 2.70. The molecule has 1 heteroatoms. The van der Waals surface area contributed by atoms with Gasteiger partial charge in [0.05, 0.1) is 0 Å². The van der Waals surface area contributed by atoms with Gasteiger partial charge < -0.3 is 0 Å². The van der Waals surface area contributed by atoms with E-state index in [0.29, 0.717) is 0 Å². The Kier molecular flexibility index (Phi) is 1.46. The van der Waals surface area contributed by atoms with Crippen LogP contribution in [0.1, 0.15) is 20.8 Å². The zero-order chi connectivity index (χ0) is 8.17. The van der Waals surface area contributed by atoms with Gasteiger partial charge in [0.15, 0.2) is 0 Å². The van der Waals surface area contributed by atoms with Crippen LogP contribution >= 0.6 is 0 Å². The third-order valence-corrected chi connectivity index (χ3v) is 3.57. The lowest BCUT2D eigenvalue weighted by Gasteiger charge is -2.20. The quantitative estimate of drug-likeness (QED) is 0.423. The molecular weight excluding hydrogens is 131 g/mol. The Bertz CT molecular complexity index is 215. The molecule has 0 spiro atoms. The maximum absolute atomic E-state index is 2.36. The smallest absolute Gasteiger partial charge is 0.0774 e. The maximum Gasteiger partial charge on any atom is 0.101 e. The number of hydrogen-bond acceptors (Lipinski definition) is 0. The second-order valence-electron chi connectivity index (χ2n) is 4.46. The van der Waals surface area contributed by atoms with Crippen molar-refractivity contribution in [3.05, 3.63) is 11.1 Å². The second-order valence-corrected chi connectivity index (χ2v) is 4.46. The van der Waals surface area contributed by atoms with Crippen molar-refractivity contribution in [2.75, 3.05) is 0 Å². The van der Waals surface area contributed by atoms with E-state index in [1.54, 1.807) is 5.57 Å². The zero-order valence-electron chi connectivity index (χ0n) is 8.02. The van der Waals surface area contributed by atoms with Gasteiger partial charge in [-0.15, -0.1) is 0 Å². The Morgan fingerprint density at radius 1 is 1.45 bits per heavy atom. The Balaban J connectivity index is 1.95. The molecule has 2 rings (SSSR count). The van der Waals surface area contributed by atoms with Crippen molar-refractivity contribution in [3.63, 3.8) is 0 Å². The van der Waals surface area contributed by atoms with Gasteiger partial charge in [0, 0.05) is 5.92 Å². The molecule has 0 aliphatic heterocycles. The van der Waals surface area contributed by atoms with E-state index in [2.05, 4.69) is 28.6 Å². The first kappa shape index (κ1) is 7.45. The molecule has 2 aliphatic rings. The summed E-state index contributed by atoms with van der Waals surface area (Å²) in [4.78, 5) is 0. The molecular formula is C10H17B. The average Bonchev–Trinajstić information content (AvgIpc) is 2.78. The van der Waals surface area contributed by atoms with Crippen molar-refractivity contribution >= 4 is 7.85 Å². The number of hydrogen-bond donors (Lipinski definition) is 0. The molecule has 0 amide bonds. The minimum Gasteiger partial charge on any atom is -0.0774 e. The summed E-state index contributed by atoms with van der Waals surface area (Å²) in [7, 11) is 2.33. The molecule has 0 nitrogen and oxygen atoms in total. The largest absolute Gasteiger partial charge is 0.101 e. The van der Waals surface area contributed by atoms with Gasteiger partial charge >= 0.3 is 0 Å². The highest BCUT2D eigenvalue weighted by Gasteiger charge is 2.61. The molecule has 0 bridgehead atoms. The summed E-state index contributed by atoms with van der Waals surface area (Å²) in [6.45, 7) is 7.02. The summed E-state index contributed by atoms with van der Waals surface area (Å²) in [6, 6.07) is 0. The molecule has 0 radical (unpaired) electrons. The van der Waals surface area contributed by atoms with Crippen LogP contribution in [0, 0.1) is 23.7 Å². The Labute approximate surface area is 70.5 Å². The molecule has 11 heavy (non-hydrogen) atoms. The van der Waals surface area contributed by atoms with E-state index in [4.69, 9.17) is 0 Å². The Morgan fingerprint density at radius 3 is 2.27 bits per heavy atom. The predicted octanol–water partition coefficient (Wildman–Crippen LogP) is 1.89. The molecule has 2 unspecified atom stereocenters. The predicted molar refractivity (Wildman–Crippen MR) is 51.4 cm³/mol. The van der Waals surface area contributed by atoms with Crippen LogP contribution in [0.4, 0.5) is 0 Å².